The van der Waals surface area contributed by atoms with Gasteiger partial charge in [-0.25, -0.2) is 4.79 Å². The van der Waals surface area contributed by atoms with Crippen molar-refractivity contribution in [3.8, 4) is 5.75 Å². The Morgan fingerprint density at radius 1 is 0.471 bits per heavy atom. The van der Waals surface area contributed by atoms with Gasteiger partial charge < -0.3 is 23.7 Å². The summed E-state index contributed by atoms with van der Waals surface area (Å²) >= 11 is 0. The van der Waals surface area contributed by atoms with Gasteiger partial charge in [-0.2, -0.15) is 0 Å². The Hall–Kier alpha value is -4.74. The first kappa shape index (κ1) is 63.3. The molecule has 0 amide bonds. The van der Waals surface area contributed by atoms with Crippen molar-refractivity contribution in [2.45, 2.75) is 245 Å². The number of nitro benzene ring substituents is 1. The van der Waals surface area contributed by atoms with Crippen molar-refractivity contribution in [3.05, 3.63) is 83.0 Å². The molecule has 0 fully saturated rings. The predicted molar refractivity (Wildman–Crippen MR) is 282 cm³/mol. The molecule has 12 heteroatoms. The average molecular weight is 980 g/mol. The summed E-state index contributed by atoms with van der Waals surface area (Å²) in [5, 5.41) is 11.0. The molecule has 1 aromatic rings. The number of esters is 3. The highest BCUT2D eigenvalue weighted by Crippen LogP contribution is 2.21. The Labute approximate surface area is 423 Å². The highest BCUT2D eigenvalue weighted by molar-refractivity contribution is 5.71. The van der Waals surface area contributed by atoms with E-state index in [1.54, 1.807) is 0 Å². The second-order valence-electron chi connectivity index (χ2n) is 18.4. The molecular formula is C58H93NO11. The van der Waals surface area contributed by atoms with E-state index >= 15 is 0 Å². The van der Waals surface area contributed by atoms with E-state index in [4.69, 9.17) is 23.7 Å². The van der Waals surface area contributed by atoms with E-state index in [9.17, 15) is 29.3 Å². The van der Waals surface area contributed by atoms with E-state index in [2.05, 4.69) is 69.4 Å². The monoisotopic (exact) mass is 980 g/mol. The minimum absolute atomic E-state index is 0.0890. The third-order valence-corrected chi connectivity index (χ3v) is 11.9. The molecule has 12 nitrogen and oxygen atoms in total. The first-order valence-electron chi connectivity index (χ1n) is 27.4. The first-order valence-corrected chi connectivity index (χ1v) is 27.4. The van der Waals surface area contributed by atoms with Crippen LogP contribution in [0.3, 0.4) is 0 Å². The Morgan fingerprint density at radius 2 is 0.886 bits per heavy atom. The van der Waals surface area contributed by atoms with Gasteiger partial charge in [-0.1, -0.05) is 166 Å². The van der Waals surface area contributed by atoms with Gasteiger partial charge in [-0.05, 0) is 108 Å². The topological polar surface area (TPSA) is 158 Å². The second kappa shape index (κ2) is 46.6. The van der Waals surface area contributed by atoms with Crippen molar-refractivity contribution in [2.24, 2.45) is 0 Å². The summed E-state index contributed by atoms with van der Waals surface area (Å²) in [7, 11) is 0. The molecule has 0 aromatic heterocycles. The van der Waals surface area contributed by atoms with E-state index < -0.39 is 41.2 Å². The molecule has 0 spiro atoms. The third-order valence-electron chi connectivity index (χ3n) is 11.9. The fourth-order valence-electron chi connectivity index (χ4n) is 7.62. The van der Waals surface area contributed by atoms with Gasteiger partial charge in [0.1, 0.15) is 25.1 Å². The van der Waals surface area contributed by atoms with Crippen LogP contribution in [-0.2, 0) is 33.3 Å². The second-order valence-corrected chi connectivity index (χ2v) is 18.4. The molecule has 1 aromatic carbocycles. The fraction of sp³-hybridized carbons (Fsp3) is 0.690. The number of nitrogens with zero attached hydrogens (tertiary/aromatic N) is 1. The van der Waals surface area contributed by atoms with Crippen molar-refractivity contribution in [2.75, 3.05) is 13.2 Å². The number of carbonyl (C=O) groups excluding carboxylic acids is 4. The SMILES string of the molecule is CCCCCC=CCC=CCCCCCCCC(=O)OCC(COC(=O)CCCCCCC/C=C\C/C=C\CCCCC)OC(=O)CCC(CCCCCCCC)OC(=O)Oc1ccc([N+](=O)[O-])cc1. The maximum atomic E-state index is 13.3. The van der Waals surface area contributed by atoms with E-state index in [0.29, 0.717) is 19.3 Å². The standard InChI is InChI=1S/C58H93NO11/c1-4-7-10-13-16-18-20-22-24-26-28-30-32-35-38-41-55(60)66-49-54(50-67-56(61)42-39-36-33-31-29-27-25-23-21-19-17-14-11-8-5-2)68-57(62)48-47-52(40-37-34-15-12-9-6-3)69-58(63)70-53-45-43-51(44-46-53)59(64)65/h16-19,22-25,43-46,52,54H,4-15,20-21,26-42,47-50H2,1-3H3/b18-16-,19-17?,24-22-,25-23?. The molecule has 2 atom stereocenters. The van der Waals surface area contributed by atoms with E-state index in [1.807, 2.05) is 0 Å². The summed E-state index contributed by atoms with van der Waals surface area (Å²) in [6, 6.07) is 5.08. The molecule has 1 rings (SSSR count). The Kier molecular flexibility index (Phi) is 42.2. The molecule has 0 aliphatic rings. The summed E-state index contributed by atoms with van der Waals surface area (Å²) in [6.45, 7) is 6.09. The van der Waals surface area contributed by atoms with Gasteiger partial charge in [0.2, 0.25) is 0 Å². The molecule has 0 saturated carbocycles. The molecule has 0 radical (unpaired) electrons. The van der Waals surface area contributed by atoms with Crippen molar-refractivity contribution in [3.63, 3.8) is 0 Å². The zero-order valence-corrected chi connectivity index (χ0v) is 43.8. The number of benzene rings is 1. The number of unbranched alkanes of at least 4 members (excludes halogenated alkanes) is 21. The smallest absolute Gasteiger partial charge is 0.462 e. The van der Waals surface area contributed by atoms with Crippen LogP contribution < -0.4 is 4.74 Å². The Balaban J connectivity index is 2.67. The lowest BCUT2D eigenvalue weighted by Gasteiger charge is -2.20. The van der Waals surface area contributed by atoms with Crippen LogP contribution >= 0.6 is 0 Å². The zero-order valence-electron chi connectivity index (χ0n) is 43.8. The lowest BCUT2D eigenvalue weighted by atomic mass is 10.0. The molecule has 0 bridgehead atoms. The zero-order chi connectivity index (χ0) is 51.0. The Bertz CT molecular complexity index is 1540. The van der Waals surface area contributed by atoms with Crippen LogP contribution in [-0.4, -0.2) is 54.4 Å². The van der Waals surface area contributed by atoms with Crippen LogP contribution in [0.5, 0.6) is 5.75 Å². The van der Waals surface area contributed by atoms with Gasteiger partial charge in [0, 0.05) is 31.4 Å². The summed E-state index contributed by atoms with van der Waals surface area (Å²) in [4.78, 5) is 62.1. The van der Waals surface area contributed by atoms with Crippen LogP contribution in [0, 0.1) is 10.1 Å². The molecule has 396 valence electrons. The fourth-order valence-corrected chi connectivity index (χ4v) is 7.62. The largest absolute Gasteiger partial charge is 0.514 e. The summed E-state index contributed by atoms with van der Waals surface area (Å²) in [5.41, 5.74) is -0.142. The highest BCUT2D eigenvalue weighted by Gasteiger charge is 2.23. The third kappa shape index (κ3) is 40.0. The molecule has 0 aliphatic heterocycles. The van der Waals surface area contributed by atoms with Crippen LogP contribution in [0.15, 0.2) is 72.9 Å². The van der Waals surface area contributed by atoms with Gasteiger partial charge >= 0.3 is 24.1 Å². The number of non-ortho nitro benzene ring substituents is 1. The maximum Gasteiger partial charge on any atom is 0.514 e. The van der Waals surface area contributed by atoms with E-state index in [-0.39, 0.29) is 50.3 Å². The first-order chi connectivity index (χ1) is 34.2. The summed E-state index contributed by atoms with van der Waals surface area (Å²) in [6.07, 6.45) is 46.1. The van der Waals surface area contributed by atoms with Crippen molar-refractivity contribution >= 4 is 29.8 Å². The maximum absolute atomic E-state index is 13.3. The van der Waals surface area contributed by atoms with Crippen molar-refractivity contribution in [1.82, 2.24) is 0 Å². The lowest BCUT2D eigenvalue weighted by molar-refractivity contribution is -0.384. The van der Waals surface area contributed by atoms with Crippen LogP contribution in [0.2, 0.25) is 0 Å². The number of ether oxygens (including phenoxy) is 5. The highest BCUT2D eigenvalue weighted by atomic mass is 16.7. The molecule has 0 N–H and O–H groups in total. The molecule has 70 heavy (non-hydrogen) atoms. The van der Waals surface area contributed by atoms with Crippen molar-refractivity contribution < 1.29 is 47.8 Å². The van der Waals surface area contributed by atoms with Gasteiger partial charge in [0.15, 0.2) is 6.10 Å². The minimum Gasteiger partial charge on any atom is -0.462 e. The molecule has 2 unspecified atom stereocenters. The summed E-state index contributed by atoms with van der Waals surface area (Å²) in [5.74, 6) is -1.32. The van der Waals surface area contributed by atoms with Crippen molar-refractivity contribution in [1.29, 1.82) is 0 Å². The minimum atomic E-state index is -1.00. The molecule has 0 aliphatic carbocycles. The van der Waals surface area contributed by atoms with Crippen LogP contribution in [0.25, 0.3) is 0 Å². The normalized spacial score (nSPS) is 12.5. The molecular weight excluding hydrogens is 887 g/mol. The molecule has 0 heterocycles. The van der Waals surface area contributed by atoms with E-state index in [0.717, 1.165) is 128 Å². The number of carbonyl (C=O) groups is 4. The molecule has 0 saturated heterocycles. The number of hydrogen-bond acceptors (Lipinski definition) is 11. The Morgan fingerprint density at radius 3 is 1.36 bits per heavy atom. The van der Waals surface area contributed by atoms with Gasteiger partial charge in [-0.3, -0.25) is 24.5 Å². The lowest BCUT2D eigenvalue weighted by Crippen LogP contribution is -2.31. The van der Waals surface area contributed by atoms with Gasteiger partial charge in [-0.15, -0.1) is 0 Å². The average Bonchev–Trinajstić information content (AvgIpc) is 3.35. The van der Waals surface area contributed by atoms with Gasteiger partial charge in [0.25, 0.3) is 5.69 Å². The number of hydrogen-bond donors (Lipinski definition) is 0. The van der Waals surface area contributed by atoms with E-state index in [1.165, 1.54) is 62.8 Å². The number of allylic oxidation sites excluding steroid dienone is 8. The summed E-state index contributed by atoms with van der Waals surface area (Å²) < 4.78 is 27.7. The van der Waals surface area contributed by atoms with Crippen LogP contribution in [0.1, 0.15) is 233 Å². The van der Waals surface area contributed by atoms with Crippen LogP contribution in [0.4, 0.5) is 10.5 Å². The number of nitro groups is 1. The quantitative estimate of drug-likeness (QED) is 0.0116. The van der Waals surface area contributed by atoms with Gasteiger partial charge in [0.05, 0.1) is 4.92 Å². The predicted octanol–water partition coefficient (Wildman–Crippen LogP) is 16.6. The number of rotatable bonds is 46.